The van der Waals surface area contributed by atoms with Gasteiger partial charge < -0.3 is 14.6 Å². The first-order chi connectivity index (χ1) is 9.42. The van der Waals surface area contributed by atoms with Crippen molar-refractivity contribution in [2.75, 3.05) is 14.2 Å². The quantitative estimate of drug-likeness (QED) is 0.613. The zero-order valence-electron chi connectivity index (χ0n) is 12.2. The lowest BCUT2D eigenvalue weighted by molar-refractivity contribution is -0.130. The van der Waals surface area contributed by atoms with E-state index in [9.17, 15) is 4.79 Å². The fourth-order valence-corrected chi connectivity index (χ4v) is 1.96. The molecule has 1 N–H and O–H groups in total. The highest BCUT2D eigenvalue weighted by atomic mass is 16.5. The Morgan fingerprint density at radius 2 is 1.90 bits per heavy atom. The van der Waals surface area contributed by atoms with Gasteiger partial charge in [0.2, 0.25) is 0 Å². The summed E-state index contributed by atoms with van der Waals surface area (Å²) in [6, 6.07) is 3.39. The van der Waals surface area contributed by atoms with Crippen LogP contribution in [0.2, 0.25) is 0 Å². The lowest BCUT2D eigenvalue weighted by Crippen LogP contribution is -2.05. The number of benzene rings is 1. The van der Waals surface area contributed by atoms with Crippen LogP contribution in [0.5, 0.6) is 11.5 Å². The zero-order chi connectivity index (χ0) is 15.3. The van der Waals surface area contributed by atoms with E-state index in [4.69, 9.17) is 14.6 Å². The smallest absolute Gasteiger partial charge is 0.335 e. The molecule has 0 aromatic heterocycles. The van der Waals surface area contributed by atoms with Crippen molar-refractivity contribution in [3.63, 3.8) is 0 Å². The first-order valence-electron chi connectivity index (χ1n) is 6.23. The van der Waals surface area contributed by atoms with Crippen LogP contribution in [0, 0.1) is 0 Å². The molecule has 0 aliphatic heterocycles. The van der Waals surface area contributed by atoms with E-state index in [0.717, 1.165) is 17.6 Å². The van der Waals surface area contributed by atoms with Crippen LogP contribution in [-0.2, 0) is 11.2 Å². The number of allylic oxidation sites excluding steroid dienone is 1. The normalized spacial score (nSPS) is 9.95. The molecule has 0 amide bonds. The second kappa shape index (κ2) is 6.80. The third-order valence-electron chi connectivity index (χ3n) is 3.03. The molecule has 1 aromatic rings. The summed E-state index contributed by atoms with van der Waals surface area (Å²) in [6.07, 6.45) is 1.44. The fourth-order valence-electron chi connectivity index (χ4n) is 1.96. The van der Waals surface area contributed by atoms with Crippen molar-refractivity contribution in [3.8, 4) is 11.5 Å². The maximum atomic E-state index is 11.1. The van der Waals surface area contributed by atoms with E-state index < -0.39 is 5.97 Å². The summed E-state index contributed by atoms with van der Waals surface area (Å²) in [5.41, 5.74) is 2.34. The van der Waals surface area contributed by atoms with E-state index in [1.54, 1.807) is 19.2 Å². The number of hydrogen-bond donors (Lipinski definition) is 1. The van der Waals surface area contributed by atoms with Crippen molar-refractivity contribution in [3.05, 3.63) is 42.0 Å². The number of carboxylic acid groups (broad SMARTS) is 1. The van der Waals surface area contributed by atoms with Crippen LogP contribution in [-0.4, -0.2) is 25.3 Å². The summed E-state index contributed by atoms with van der Waals surface area (Å²) >= 11 is 0. The van der Waals surface area contributed by atoms with Crippen LogP contribution >= 0.6 is 0 Å². The molecule has 4 heteroatoms. The molecule has 0 unspecified atom stereocenters. The van der Waals surface area contributed by atoms with Crippen LogP contribution in [0.1, 0.15) is 24.5 Å². The van der Waals surface area contributed by atoms with Gasteiger partial charge in [-0.3, -0.25) is 0 Å². The van der Waals surface area contributed by atoms with Crippen LogP contribution in [0.4, 0.5) is 0 Å². The molecule has 1 rings (SSSR count). The first kappa shape index (κ1) is 15.8. The molecular formula is C16H20O4. The minimum absolute atomic E-state index is 0.000998. The minimum Gasteiger partial charge on any atom is -0.496 e. The molecule has 0 saturated heterocycles. The summed E-state index contributed by atoms with van der Waals surface area (Å²) < 4.78 is 10.7. The largest absolute Gasteiger partial charge is 0.496 e. The SMILES string of the molecule is C=C(C)CCc1c(OC)ccc(C(=C)C(=O)O)c1OC. The molecule has 20 heavy (non-hydrogen) atoms. The number of carboxylic acids is 1. The van der Waals surface area contributed by atoms with Gasteiger partial charge in [0.05, 0.1) is 19.8 Å². The van der Waals surface area contributed by atoms with E-state index >= 15 is 0 Å². The Morgan fingerprint density at radius 1 is 1.25 bits per heavy atom. The van der Waals surface area contributed by atoms with Gasteiger partial charge in [0, 0.05) is 11.1 Å². The zero-order valence-corrected chi connectivity index (χ0v) is 12.2. The summed E-state index contributed by atoms with van der Waals surface area (Å²) in [4.78, 5) is 11.1. The van der Waals surface area contributed by atoms with Crippen molar-refractivity contribution in [1.29, 1.82) is 0 Å². The number of ether oxygens (including phenoxy) is 2. The van der Waals surface area contributed by atoms with Crippen molar-refractivity contribution >= 4 is 11.5 Å². The second-order valence-corrected chi connectivity index (χ2v) is 4.57. The van der Waals surface area contributed by atoms with Crippen molar-refractivity contribution in [2.45, 2.75) is 19.8 Å². The predicted octanol–water partition coefficient (Wildman–Crippen LogP) is 3.31. The highest BCUT2D eigenvalue weighted by Crippen LogP contribution is 2.36. The Balaban J connectivity index is 3.35. The number of methoxy groups -OCH3 is 2. The third-order valence-corrected chi connectivity index (χ3v) is 3.03. The third kappa shape index (κ3) is 3.41. The molecule has 108 valence electrons. The Labute approximate surface area is 119 Å². The molecule has 1 aromatic carbocycles. The monoisotopic (exact) mass is 276 g/mol. The molecular weight excluding hydrogens is 256 g/mol. The Bertz CT molecular complexity index is 544. The van der Waals surface area contributed by atoms with E-state index in [1.807, 2.05) is 6.92 Å². The maximum Gasteiger partial charge on any atom is 0.335 e. The number of carbonyl (C=O) groups is 1. The van der Waals surface area contributed by atoms with Gasteiger partial charge in [0.15, 0.2) is 0 Å². The van der Waals surface area contributed by atoms with Gasteiger partial charge in [0.1, 0.15) is 11.5 Å². The van der Waals surface area contributed by atoms with E-state index in [2.05, 4.69) is 13.2 Å². The Morgan fingerprint density at radius 3 is 2.35 bits per heavy atom. The number of aliphatic carboxylic acids is 1. The van der Waals surface area contributed by atoms with Gasteiger partial charge in [-0.2, -0.15) is 0 Å². The second-order valence-electron chi connectivity index (χ2n) is 4.57. The average molecular weight is 276 g/mol. The van der Waals surface area contributed by atoms with Gasteiger partial charge in [-0.1, -0.05) is 12.2 Å². The summed E-state index contributed by atoms with van der Waals surface area (Å²) in [5.74, 6) is 0.0994. The van der Waals surface area contributed by atoms with Gasteiger partial charge in [-0.15, -0.1) is 6.58 Å². The molecule has 0 bridgehead atoms. The molecule has 0 spiro atoms. The standard InChI is InChI=1S/C16H20O4/c1-10(2)6-7-13-14(19-4)9-8-12(15(13)20-5)11(3)16(17)18/h8-9H,1,3,6-7H2,2,4-5H3,(H,17,18). The number of rotatable bonds is 7. The molecule has 0 aliphatic rings. The van der Waals surface area contributed by atoms with Crippen molar-refractivity contribution < 1.29 is 19.4 Å². The first-order valence-corrected chi connectivity index (χ1v) is 6.23. The molecule has 0 saturated carbocycles. The van der Waals surface area contributed by atoms with Crippen LogP contribution in [0.15, 0.2) is 30.9 Å². The molecule has 0 fully saturated rings. The van der Waals surface area contributed by atoms with Crippen LogP contribution in [0.25, 0.3) is 5.57 Å². The fraction of sp³-hybridized carbons (Fsp3) is 0.312. The molecule has 0 heterocycles. The lowest BCUT2D eigenvalue weighted by atomic mass is 9.97. The summed E-state index contributed by atoms with van der Waals surface area (Å²) in [6.45, 7) is 9.40. The van der Waals surface area contributed by atoms with E-state index in [0.29, 0.717) is 23.5 Å². The van der Waals surface area contributed by atoms with Gasteiger partial charge in [0.25, 0.3) is 0 Å². The molecule has 0 atom stereocenters. The van der Waals surface area contributed by atoms with Crippen LogP contribution < -0.4 is 9.47 Å². The minimum atomic E-state index is -1.07. The molecule has 0 radical (unpaired) electrons. The van der Waals surface area contributed by atoms with E-state index in [1.165, 1.54) is 7.11 Å². The van der Waals surface area contributed by atoms with Gasteiger partial charge in [-0.25, -0.2) is 4.79 Å². The van der Waals surface area contributed by atoms with E-state index in [-0.39, 0.29) is 5.57 Å². The highest BCUT2D eigenvalue weighted by Gasteiger charge is 2.19. The van der Waals surface area contributed by atoms with Gasteiger partial charge >= 0.3 is 5.97 Å². The van der Waals surface area contributed by atoms with Crippen molar-refractivity contribution in [1.82, 2.24) is 0 Å². The summed E-state index contributed by atoms with van der Waals surface area (Å²) in [5, 5.41) is 9.09. The molecule has 0 aliphatic carbocycles. The Kier molecular flexibility index (Phi) is 5.38. The summed E-state index contributed by atoms with van der Waals surface area (Å²) in [7, 11) is 3.09. The lowest BCUT2D eigenvalue weighted by Gasteiger charge is -2.17. The maximum absolute atomic E-state index is 11.1. The van der Waals surface area contributed by atoms with Crippen LogP contribution in [0.3, 0.4) is 0 Å². The predicted molar refractivity (Wildman–Crippen MR) is 79.4 cm³/mol. The average Bonchev–Trinajstić information content (AvgIpc) is 2.42. The molecule has 4 nitrogen and oxygen atoms in total. The highest BCUT2D eigenvalue weighted by molar-refractivity contribution is 6.15. The van der Waals surface area contributed by atoms with Gasteiger partial charge in [-0.05, 0) is 31.9 Å². The van der Waals surface area contributed by atoms with Crippen molar-refractivity contribution in [2.24, 2.45) is 0 Å². The number of hydrogen-bond acceptors (Lipinski definition) is 3. The topological polar surface area (TPSA) is 55.8 Å². The Hall–Kier alpha value is -2.23.